The van der Waals surface area contributed by atoms with E-state index >= 15 is 0 Å². The van der Waals surface area contributed by atoms with Gasteiger partial charge in [-0.3, -0.25) is 13.9 Å². The average Bonchev–Trinajstić information content (AvgIpc) is 3.05. The molecule has 0 heterocycles. The Morgan fingerprint density at radius 1 is 0.851 bits per heavy atom. The smallest absolute Gasteiger partial charge is 0.264 e. The molecule has 1 N–H and O–H groups in total. The van der Waals surface area contributed by atoms with Crippen molar-refractivity contribution in [2.24, 2.45) is 0 Å². The Balaban J connectivity index is 1.85. The number of hydrogen-bond acceptors (Lipinski definition) is 6. The lowest BCUT2D eigenvalue weighted by molar-refractivity contribution is -0.140. The summed E-state index contributed by atoms with van der Waals surface area (Å²) in [6.45, 7) is 4.88. The van der Waals surface area contributed by atoms with Gasteiger partial charge in [0.25, 0.3) is 10.0 Å². The topological polar surface area (TPSA) is 105 Å². The third-order valence-electron chi connectivity index (χ3n) is 7.54. The molecule has 248 valence electrons. The van der Waals surface area contributed by atoms with Gasteiger partial charge in [-0.1, -0.05) is 77.8 Å². The second kappa shape index (κ2) is 15.8. The minimum Gasteiger partial charge on any atom is -0.493 e. The molecule has 0 spiro atoms. The second-order valence-corrected chi connectivity index (χ2v) is 13.6. The first kappa shape index (κ1) is 35.3. The number of nitrogens with one attached hydrogen (secondary N) is 1. The van der Waals surface area contributed by atoms with Crippen molar-refractivity contribution in [1.29, 1.82) is 0 Å². The number of anilines is 1. The number of aryl methyl sites for hydroxylation is 1. The fraction of sp³-hybridized carbons (Fsp3) is 0.278. The molecule has 0 aromatic heterocycles. The van der Waals surface area contributed by atoms with E-state index in [1.165, 1.54) is 37.3 Å². The lowest BCUT2D eigenvalue weighted by Gasteiger charge is -2.34. The van der Waals surface area contributed by atoms with Crippen molar-refractivity contribution in [2.45, 2.75) is 50.7 Å². The summed E-state index contributed by atoms with van der Waals surface area (Å²) in [5.41, 5.74) is 2.50. The standard InChI is InChI=1S/C36H40ClN3O6S/c1-25(2)38-36(42)32(21-27-11-7-6-8-12-27)39(23-28-13-9-10-14-31(28)37)35(41)24-40(29-17-20-33(45-4)34(22-29)46-5)47(43,44)30-18-15-26(3)16-19-30/h6-20,22,25,32H,21,23-24H2,1-5H3,(H,38,42)/t32-/m1/s1. The summed E-state index contributed by atoms with van der Waals surface area (Å²) in [5.74, 6) is -0.296. The number of amides is 2. The molecule has 0 saturated heterocycles. The largest absolute Gasteiger partial charge is 0.493 e. The predicted molar refractivity (Wildman–Crippen MR) is 184 cm³/mol. The SMILES string of the molecule is COc1ccc(N(CC(=O)N(Cc2ccccc2Cl)[C@H](Cc2ccccc2)C(=O)NC(C)C)S(=O)(=O)c2ccc(C)cc2)cc1OC. The molecule has 2 amide bonds. The van der Waals surface area contributed by atoms with Crippen molar-refractivity contribution in [2.75, 3.05) is 25.1 Å². The van der Waals surface area contributed by atoms with E-state index in [0.29, 0.717) is 16.3 Å². The summed E-state index contributed by atoms with van der Waals surface area (Å²) >= 11 is 6.56. The monoisotopic (exact) mass is 677 g/mol. The zero-order chi connectivity index (χ0) is 34.1. The van der Waals surface area contributed by atoms with E-state index in [4.69, 9.17) is 21.1 Å². The van der Waals surface area contributed by atoms with Gasteiger partial charge < -0.3 is 19.7 Å². The van der Waals surface area contributed by atoms with Crippen LogP contribution in [0.3, 0.4) is 0 Å². The van der Waals surface area contributed by atoms with Gasteiger partial charge >= 0.3 is 0 Å². The quantitative estimate of drug-likeness (QED) is 0.175. The van der Waals surface area contributed by atoms with Crippen molar-refractivity contribution in [1.82, 2.24) is 10.2 Å². The molecule has 9 nitrogen and oxygen atoms in total. The van der Waals surface area contributed by atoms with Crippen LogP contribution in [0.1, 0.15) is 30.5 Å². The summed E-state index contributed by atoms with van der Waals surface area (Å²) < 4.78 is 40.5. The van der Waals surface area contributed by atoms with E-state index in [1.54, 1.807) is 48.5 Å². The number of halogens is 1. The summed E-state index contributed by atoms with van der Waals surface area (Å²) in [4.78, 5) is 29.9. The van der Waals surface area contributed by atoms with Gasteiger partial charge in [-0.15, -0.1) is 0 Å². The zero-order valence-electron chi connectivity index (χ0n) is 27.1. The van der Waals surface area contributed by atoms with Gasteiger partial charge in [-0.05, 0) is 62.2 Å². The lowest BCUT2D eigenvalue weighted by Crippen LogP contribution is -2.54. The number of hydrogen-bond donors (Lipinski definition) is 1. The van der Waals surface area contributed by atoms with Crippen molar-refractivity contribution in [3.05, 3.63) is 119 Å². The van der Waals surface area contributed by atoms with E-state index in [9.17, 15) is 18.0 Å². The van der Waals surface area contributed by atoms with Crippen LogP contribution in [-0.4, -0.2) is 58.0 Å². The van der Waals surface area contributed by atoms with Crippen LogP contribution in [0.25, 0.3) is 0 Å². The first-order chi connectivity index (χ1) is 22.4. The summed E-state index contributed by atoms with van der Waals surface area (Å²) in [6, 6.07) is 26.2. The first-order valence-electron chi connectivity index (χ1n) is 15.1. The minimum atomic E-state index is -4.29. The maximum atomic E-state index is 14.6. The van der Waals surface area contributed by atoms with Gasteiger partial charge in [0, 0.05) is 30.1 Å². The highest BCUT2D eigenvalue weighted by molar-refractivity contribution is 7.92. The third-order valence-corrected chi connectivity index (χ3v) is 9.70. The van der Waals surface area contributed by atoms with Gasteiger partial charge in [0.1, 0.15) is 12.6 Å². The van der Waals surface area contributed by atoms with E-state index in [1.807, 2.05) is 51.1 Å². The van der Waals surface area contributed by atoms with Gasteiger partial charge in [0.15, 0.2) is 11.5 Å². The van der Waals surface area contributed by atoms with Crippen molar-refractivity contribution < 1.29 is 27.5 Å². The number of nitrogens with zero attached hydrogens (tertiary/aromatic N) is 2. The normalized spacial score (nSPS) is 11.9. The fourth-order valence-electron chi connectivity index (χ4n) is 5.09. The summed E-state index contributed by atoms with van der Waals surface area (Å²) in [6.07, 6.45) is 0.191. The van der Waals surface area contributed by atoms with Gasteiger partial charge in [-0.25, -0.2) is 8.42 Å². The predicted octanol–water partition coefficient (Wildman–Crippen LogP) is 6.03. The molecule has 0 bridgehead atoms. The third kappa shape index (κ3) is 8.84. The lowest BCUT2D eigenvalue weighted by atomic mass is 10.0. The molecule has 0 unspecified atom stereocenters. The average molecular weight is 678 g/mol. The molecule has 47 heavy (non-hydrogen) atoms. The molecule has 4 aromatic rings. The van der Waals surface area contributed by atoms with Crippen LogP contribution >= 0.6 is 11.6 Å². The molecule has 0 aliphatic carbocycles. The highest BCUT2D eigenvalue weighted by Gasteiger charge is 2.35. The second-order valence-electron chi connectivity index (χ2n) is 11.3. The zero-order valence-corrected chi connectivity index (χ0v) is 28.7. The van der Waals surface area contributed by atoms with Crippen molar-refractivity contribution >= 4 is 39.1 Å². The number of carbonyl (C=O) groups excluding carboxylic acids is 2. The van der Waals surface area contributed by atoms with Crippen LogP contribution in [-0.2, 0) is 32.6 Å². The number of sulfonamides is 1. The van der Waals surface area contributed by atoms with E-state index < -0.39 is 28.5 Å². The van der Waals surface area contributed by atoms with Crippen LogP contribution in [0, 0.1) is 6.92 Å². The Kier molecular flexibility index (Phi) is 11.9. The van der Waals surface area contributed by atoms with Gasteiger partial charge in [0.05, 0.1) is 24.8 Å². The Morgan fingerprint density at radius 3 is 2.11 bits per heavy atom. The first-order valence-corrected chi connectivity index (χ1v) is 16.9. The van der Waals surface area contributed by atoms with E-state index in [0.717, 1.165) is 15.4 Å². The molecule has 0 fully saturated rings. The Morgan fingerprint density at radius 2 is 1.49 bits per heavy atom. The number of rotatable bonds is 14. The Labute approximate surface area is 282 Å². The van der Waals surface area contributed by atoms with Crippen LogP contribution in [0.15, 0.2) is 102 Å². The van der Waals surface area contributed by atoms with Crippen molar-refractivity contribution in [3.63, 3.8) is 0 Å². The molecule has 11 heteroatoms. The highest BCUT2D eigenvalue weighted by Crippen LogP contribution is 2.34. The van der Waals surface area contributed by atoms with Gasteiger partial charge in [0.2, 0.25) is 11.8 Å². The summed E-state index contributed by atoms with van der Waals surface area (Å²) in [5, 5.41) is 3.36. The number of carbonyl (C=O) groups is 2. The van der Waals surface area contributed by atoms with E-state index in [2.05, 4.69) is 5.32 Å². The highest BCUT2D eigenvalue weighted by atomic mass is 35.5. The molecular weight excluding hydrogens is 638 g/mol. The number of methoxy groups -OCH3 is 2. The molecule has 0 radical (unpaired) electrons. The maximum absolute atomic E-state index is 14.6. The molecule has 0 aliphatic rings. The summed E-state index contributed by atoms with van der Waals surface area (Å²) in [7, 11) is -1.37. The minimum absolute atomic E-state index is 0.00160. The molecule has 4 rings (SSSR count). The van der Waals surface area contributed by atoms with Crippen LogP contribution in [0.2, 0.25) is 5.02 Å². The van der Waals surface area contributed by atoms with Crippen LogP contribution in [0.5, 0.6) is 11.5 Å². The van der Waals surface area contributed by atoms with Gasteiger partial charge in [-0.2, -0.15) is 0 Å². The van der Waals surface area contributed by atoms with Crippen LogP contribution < -0.4 is 19.1 Å². The van der Waals surface area contributed by atoms with Crippen molar-refractivity contribution in [3.8, 4) is 11.5 Å². The Hall–Kier alpha value is -4.54. The molecule has 4 aromatic carbocycles. The Bertz CT molecular complexity index is 1780. The molecule has 1 atom stereocenters. The maximum Gasteiger partial charge on any atom is 0.264 e. The van der Waals surface area contributed by atoms with E-state index in [-0.39, 0.29) is 41.2 Å². The van der Waals surface area contributed by atoms with Crippen LogP contribution in [0.4, 0.5) is 5.69 Å². The fourth-order valence-corrected chi connectivity index (χ4v) is 6.69. The molecular formula is C36H40ClN3O6S. The number of ether oxygens (including phenoxy) is 2. The molecule has 0 aliphatic heterocycles. The molecule has 0 saturated carbocycles. The number of benzene rings is 4.